The zero-order chi connectivity index (χ0) is 19.8. The fraction of sp³-hybridized carbons (Fsp3) is 0.130. The summed E-state index contributed by atoms with van der Waals surface area (Å²) in [5.74, 6) is 0.786. The number of nitrogens with one attached hydrogen (secondary N) is 1. The zero-order valence-electron chi connectivity index (χ0n) is 15.8. The molecule has 1 unspecified atom stereocenters. The second-order valence-corrected chi connectivity index (χ2v) is 7.97. The molecule has 0 fully saturated rings. The molecule has 2 N–H and O–H groups in total. The molecular weight excluding hydrogens is 382 g/mol. The largest absolute Gasteiger partial charge is 0.497 e. The predicted octanol–water partition coefficient (Wildman–Crippen LogP) is 5.05. The summed E-state index contributed by atoms with van der Waals surface area (Å²) >= 11 is 1.64. The van der Waals surface area contributed by atoms with Crippen LogP contribution in [0.2, 0.25) is 0 Å². The van der Waals surface area contributed by atoms with E-state index in [0.29, 0.717) is 12.1 Å². The van der Waals surface area contributed by atoms with Gasteiger partial charge in [0.15, 0.2) is 0 Å². The van der Waals surface area contributed by atoms with Crippen molar-refractivity contribution in [1.29, 1.82) is 0 Å². The van der Waals surface area contributed by atoms with Crippen LogP contribution in [0.1, 0.15) is 16.7 Å². The van der Waals surface area contributed by atoms with Crippen LogP contribution < -0.4 is 10.1 Å². The number of fused-ring (bicyclic) bond motifs is 2. The van der Waals surface area contributed by atoms with Crippen LogP contribution in [0.5, 0.6) is 5.75 Å². The van der Waals surface area contributed by atoms with Gasteiger partial charge in [-0.1, -0.05) is 41.6 Å². The molecule has 0 amide bonds. The van der Waals surface area contributed by atoms with Gasteiger partial charge in [-0.15, -0.1) is 11.3 Å². The molecule has 1 atom stereocenters. The van der Waals surface area contributed by atoms with E-state index in [1.807, 2.05) is 54.7 Å². The van der Waals surface area contributed by atoms with Gasteiger partial charge < -0.3 is 15.3 Å². The molecule has 144 valence electrons. The topological polar surface area (TPSA) is 66.7 Å². The second-order valence-electron chi connectivity index (χ2n) is 7.06. The van der Waals surface area contributed by atoms with E-state index in [1.54, 1.807) is 24.6 Å². The standard InChI is InChI=1S/C23H19N3O2S/c1-28-17-8-6-16(7-9-17)23(12-15-4-2-3-5-18(15)22(23)26-27)25-20-14-29-21-13-24-11-10-19(20)21/h2-11,13-14,25,27H,12H2,1H3. The Balaban J connectivity index is 1.70. The molecule has 6 heteroatoms. The Labute approximate surface area is 172 Å². The lowest BCUT2D eigenvalue weighted by molar-refractivity contribution is 0.315. The molecule has 2 heterocycles. The third-order valence-corrected chi connectivity index (χ3v) is 6.47. The van der Waals surface area contributed by atoms with E-state index >= 15 is 0 Å². The molecule has 0 bridgehead atoms. The summed E-state index contributed by atoms with van der Waals surface area (Å²) in [5, 5.41) is 20.8. The van der Waals surface area contributed by atoms with Gasteiger partial charge in [0.1, 0.15) is 17.0 Å². The fourth-order valence-corrected chi connectivity index (χ4v) is 5.00. The Bertz CT molecular complexity index is 1220. The van der Waals surface area contributed by atoms with Crippen molar-refractivity contribution in [2.75, 3.05) is 12.4 Å². The van der Waals surface area contributed by atoms with Gasteiger partial charge in [-0.05, 0) is 29.3 Å². The summed E-state index contributed by atoms with van der Waals surface area (Å²) in [5.41, 5.74) is 4.03. The van der Waals surface area contributed by atoms with Crippen LogP contribution in [0.3, 0.4) is 0 Å². The first kappa shape index (κ1) is 17.7. The number of hydrogen-bond donors (Lipinski definition) is 2. The van der Waals surface area contributed by atoms with Gasteiger partial charge in [0.25, 0.3) is 0 Å². The van der Waals surface area contributed by atoms with Crippen LogP contribution in [0.4, 0.5) is 5.69 Å². The smallest absolute Gasteiger partial charge is 0.118 e. The molecule has 0 saturated heterocycles. The molecule has 4 aromatic rings. The van der Waals surface area contributed by atoms with Crippen molar-refractivity contribution in [2.45, 2.75) is 12.0 Å². The summed E-state index contributed by atoms with van der Waals surface area (Å²) in [6.45, 7) is 0. The number of aromatic nitrogens is 1. The Morgan fingerprint density at radius 3 is 2.76 bits per heavy atom. The van der Waals surface area contributed by atoms with Crippen molar-refractivity contribution in [3.05, 3.63) is 89.1 Å². The first-order valence-electron chi connectivity index (χ1n) is 9.30. The number of methoxy groups -OCH3 is 1. The highest BCUT2D eigenvalue weighted by molar-refractivity contribution is 7.17. The highest BCUT2D eigenvalue weighted by atomic mass is 32.1. The molecule has 29 heavy (non-hydrogen) atoms. The van der Waals surface area contributed by atoms with Crippen molar-refractivity contribution >= 4 is 32.8 Å². The van der Waals surface area contributed by atoms with Crippen molar-refractivity contribution in [3.8, 4) is 5.75 Å². The van der Waals surface area contributed by atoms with Crippen molar-refractivity contribution < 1.29 is 9.94 Å². The van der Waals surface area contributed by atoms with Gasteiger partial charge in [-0.3, -0.25) is 4.98 Å². The average Bonchev–Trinajstić information content (AvgIpc) is 3.33. The third-order valence-electron chi connectivity index (χ3n) is 5.54. The number of hydrogen-bond acceptors (Lipinski definition) is 6. The van der Waals surface area contributed by atoms with Crippen LogP contribution in [0.15, 0.2) is 77.5 Å². The van der Waals surface area contributed by atoms with E-state index in [2.05, 4.69) is 26.9 Å². The first-order valence-corrected chi connectivity index (χ1v) is 10.2. The third kappa shape index (κ3) is 2.76. The number of anilines is 1. The Morgan fingerprint density at radius 2 is 1.97 bits per heavy atom. The molecule has 2 aromatic carbocycles. The number of nitrogens with zero attached hydrogens (tertiary/aromatic N) is 2. The predicted molar refractivity (Wildman–Crippen MR) is 116 cm³/mol. The lowest BCUT2D eigenvalue weighted by atomic mass is 9.84. The highest BCUT2D eigenvalue weighted by Crippen LogP contribution is 2.43. The SMILES string of the molecule is COc1ccc(C2(Nc3csc4cnccc34)Cc3ccccc3C2=NO)cc1. The number of thiophene rings is 1. The van der Waals surface area contributed by atoms with Gasteiger partial charge in [-0.2, -0.15) is 0 Å². The summed E-state index contributed by atoms with van der Waals surface area (Å²) < 4.78 is 6.45. The number of ether oxygens (including phenoxy) is 1. The van der Waals surface area contributed by atoms with Crippen LogP contribution >= 0.6 is 11.3 Å². The number of pyridine rings is 1. The molecule has 0 spiro atoms. The van der Waals surface area contributed by atoms with Crippen LogP contribution in [0, 0.1) is 0 Å². The van der Waals surface area contributed by atoms with Crippen LogP contribution in [0.25, 0.3) is 10.1 Å². The lowest BCUT2D eigenvalue weighted by Gasteiger charge is -2.32. The van der Waals surface area contributed by atoms with E-state index in [1.165, 1.54) is 0 Å². The Morgan fingerprint density at radius 1 is 1.14 bits per heavy atom. The van der Waals surface area contributed by atoms with E-state index in [9.17, 15) is 5.21 Å². The Kier molecular flexibility index (Phi) is 4.21. The first-order chi connectivity index (χ1) is 14.2. The van der Waals surface area contributed by atoms with E-state index in [4.69, 9.17) is 4.74 Å². The quantitative estimate of drug-likeness (QED) is 0.371. The number of rotatable bonds is 4. The lowest BCUT2D eigenvalue weighted by Crippen LogP contribution is -2.42. The maximum atomic E-state index is 10.1. The minimum atomic E-state index is -0.692. The summed E-state index contributed by atoms with van der Waals surface area (Å²) in [7, 11) is 1.65. The maximum Gasteiger partial charge on any atom is 0.118 e. The van der Waals surface area contributed by atoms with Gasteiger partial charge in [0, 0.05) is 35.1 Å². The monoisotopic (exact) mass is 401 g/mol. The second kappa shape index (κ2) is 6.90. The molecule has 5 nitrogen and oxygen atoms in total. The van der Waals surface area contributed by atoms with Crippen LogP contribution in [-0.4, -0.2) is 23.0 Å². The van der Waals surface area contributed by atoms with Crippen LogP contribution in [-0.2, 0) is 12.0 Å². The highest BCUT2D eigenvalue weighted by Gasteiger charge is 2.46. The van der Waals surface area contributed by atoms with Gasteiger partial charge in [-0.25, -0.2) is 0 Å². The van der Waals surface area contributed by atoms with Crippen molar-refractivity contribution in [2.24, 2.45) is 5.16 Å². The molecule has 0 saturated carbocycles. The summed E-state index contributed by atoms with van der Waals surface area (Å²) in [6.07, 6.45) is 4.34. The minimum absolute atomic E-state index is 0.617. The van der Waals surface area contributed by atoms with Gasteiger partial charge >= 0.3 is 0 Å². The van der Waals surface area contributed by atoms with E-state index < -0.39 is 5.54 Å². The zero-order valence-corrected chi connectivity index (χ0v) is 16.6. The normalized spacial score (nSPS) is 19.4. The molecule has 1 aliphatic rings. The molecular formula is C23H19N3O2S. The minimum Gasteiger partial charge on any atom is -0.497 e. The van der Waals surface area contributed by atoms with Crippen molar-refractivity contribution in [3.63, 3.8) is 0 Å². The maximum absolute atomic E-state index is 10.1. The molecule has 1 aliphatic carbocycles. The summed E-state index contributed by atoms with van der Waals surface area (Å²) in [4.78, 5) is 4.22. The van der Waals surface area contributed by atoms with Crippen molar-refractivity contribution in [1.82, 2.24) is 4.98 Å². The molecule has 2 aromatic heterocycles. The van der Waals surface area contributed by atoms with Gasteiger partial charge in [0.05, 0.1) is 17.5 Å². The number of benzene rings is 2. The molecule has 0 radical (unpaired) electrons. The van der Waals surface area contributed by atoms with Gasteiger partial charge in [0.2, 0.25) is 0 Å². The molecule has 5 rings (SSSR count). The fourth-order valence-electron chi connectivity index (χ4n) is 4.14. The molecule has 0 aliphatic heterocycles. The van der Waals surface area contributed by atoms with E-state index in [0.717, 1.165) is 38.2 Å². The average molecular weight is 401 g/mol. The number of oxime groups is 1. The Hall–Kier alpha value is -3.38. The van der Waals surface area contributed by atoms with E-state index in [-0.39, 0.29) is 0 Å². The summed E-state index contributed by atoms with van der Waals surface area (Å²) in [6, 6.07) is 18.0.